The summed E-state index contributed by atoms with van der Waals surface area (Å²) in [6, 6.07) is 5.59. The molecule has 0 N–H and O–H groups in total. The molecule has 1 atom stereocenters. The van der Waals surface area contributed by atoms with Crippen LogP contribution in [0.1, 0.15) is 24.2 Å². The lowest BCUT2D eigenvalue weighted by molar-refractivity contribution is -0.137. The SMILES string of the molecule is CCOC(=O)/C=C(/C(F)=C(\F)C(F)(F)F)C1(C)Oc2ccccc2C1=O. The van der Waals surface area contributed by atoms with Gasteiger partial charge < -0.3 is 9.47 Å². The Bertz CT molecular complexity index is 810. The number of rotatable bonds is 4. The number of ether oxygens (including phenoxy) is 2. The van der Waals surface area contributed by atoms with E-state index >= 15 is 0 Å². The Morgan fingerprint density at radius 2 is 1.88 bits per heavy atom. The van der Waals surface area contributed by atoms with Crippen molar-refractivity contribution >= 4 is 11.8 Å². The average molecular weight is 376 g/mol. The van der Waals surface area contributed by atoms with Crippen LogP contribution in [-0.2, 0) is 9.53 Å². The van der Waals surface area contributed by atoms with Gasteiger partial charge in [0.2, 0.25) is 11.6 Å². The third kappa shape index (κ3) is 3.47. The zero-order valence-corrected chi connectivity index (χ0v) is 13.6. The van der Waals surface area contributed by atoms with Gasteiger partial charge in [-0.1, -0.05) is 12.1 Å². The van der Waals surface area contributed by atoms with Crippen LogP contribution in [0.25, 0.3) is 0 Å². The van der Waals surface area contributed by atoms with E-state index in [1.165, 1.54) is 31.2 Å². The number of hydrogen-bond acceptors (Lipinski definition) is 4. The molecule has 0 spiro atoms. The van der Waals surface area contributed by atoms with Gasteiger partial charge >= 0.3 is 12.1 Å². The van der Waals surface area contributed by atoms with Crippen molar-refractivity contribution in [2.24, 2.45) is 0 Å². The lowest BCUT2D eigenvalue weighted by Crippen LogP contribution is -2.40. The Balaban J connectivity index is 2.63. The molecule has 2 rings (SSSR count). The molecule has 1 aliphatic rings. The number of hydrogen-bond donors (Lipinski definition) is 0. The zero-order valence-electron chi connectivity index (χ0n) is 13.6. The second-order valence-corrected chi connectivity index (χ2v) is 5.40. The summed E-state index contributed by atoms with van der Waals surface area (Å²) >= 11 is 0. The van der Waals surface area contributed by atoms with Gasteiger partial charge in [0.05, 0.1) is 12.2 Å². The number of benzene rings is 1. The fourth-order valence-electron chi connectivity index (χ4n) is 2.40. The van der Waals surface area contributed by atoms with Crippen molar-refractivity contribution in [3.8, 4) is 5.75 Å². The number of carbonyl (C=O) groups excluding carboxylic acids is 2. The summed E-state index contributed by atoms with van der Waals surface area (Å²) in [6.07, 6.45) is -5.36. The van der Waals surface area contributed by atoms with Gasteiger partial charge in [-0.05, 0) is 26.0 Å². The number of halogens is 5. The molecule has 0 aromatic heterocycles. The number of allylic oxidation sites excluding steroid dienone is 1. The van der Waals surface area contributed by atoms with Crippen molar-refractivity contribution in [3.05, 3.63) is 53.1 Å². The molecule has 4 nitrogen and oxygen atoms in total. The number of carbonyl (C=O) groups is 2. The maximum atomic E-state index is 14.3. The second kappa shape index (κ2) is 6.89. The first-order chi connectivity index (χ1) is 12.0. The van der Waals surface area contributed by atoms with Gasteiger partial charge in [0.25, 0.3) is 0 Å². The molecule has 0 saturated heterocycles. The number of alkyl halides is 3. The average Bonchev–Trinajstić information content (AvgIpc) is 2.83. The molecule has 0 amide bonds. The monoisotopic (exact) mass is 376 g/mol. The predicted octanol–water partition coefficient (Wildman–Crippen LogP) is 4.22. The first kappa shape index (κ1) is 19.6. The van der Waals surface area contributed by atoms with E-state index < -0.39 is 40.8 Å². The predicted molar refractivity (Wildman–Crippen MR) is 79.8 cm³/mol. The van der Waals surface area contributed by atoms with Gasteiger partial charge in [-0.2, -0.15) is 17.6 Å². The number of para-hydroxylation sites is 1. The van der Waals surface area contributed by atoms with Crippen molar-refractivity contribution in [3.63, 3.8) is 0 Å². The van der Waals surface area contributed by atoms with Crippen LogP contribution < -0.4 is 4.74 Å². The Hall–Kier alpha value is -2.71. The van der Waals surface area contributed by atoms with Crippen molar-refractivity contribution in [2.45, 2.75) is 25.6 Å². The number of fused-ring (bicyclic) bond motifs is 1. The molecule has 140 valence electrons. The number of esters is 1. The van der Waals surface area contributed by atoms with E-state index in [2.05, 4.69) is 4.74 Å². The van der Waals surface area contributed by atoms with Gasteiger partial charge in [0, 0.05) is 11.6 Å². The van der Waals surface area contributed by atoms with Crippen molar-refractivity contribution in [1.29, 1.82) is 0 Å². The smallest absolute Gasteiger partial charge is 0.445 e. The minimum absolute atomic E-state index is 0.0324. The summed E-state index contributed by atoms with van der Waals surface area (Å²) in [6.45, 7) is 2.19. The molecular weight excluding hydrogens is 363 g/mol. The van der Waals surface area contributed by atoms with Gasteiger partial charge in [-0.25, -0.2) is 9.18 Å². The molecule has 0 radical (unpaired) electrons. The summed E-state index contributed by atoms with van der Waals surface area (Å²) in [7, 11) is 0. The van der Waals surface area contributed by atoms with Crippen LogP contribution in [-0.4, -0.2) is 30.1 Å². The Morgan fingerprint density at radius 3 is 2.42 bits per heavy atom. The van der Waals surface area contributed by atoms with Crippen LogP contribution in [0.4, 0.5) is 22.0 Å². The quantitative estimate of drug-likeness (QED) is 0.342. The molecule has 1 aliphatic heterocycles. The van der Waals surface area contributed by atoms with Gasteiger partial charge in [-0.15, -0.1) is 0 Å². The maximum Gasteiger partial charge on any atom is 0.445 e. The summed E-state index contributed by atoms with van der Waals surface area (Å²) < 4.78 is 75.4. The fraction of sp³-hybridized carbons (Fsp3) is 0.294. The highest BCUT2D eigenvalue weighted by atomic mass is 19.4. The molecule has 1 heterocycles. The minimum Gasteiger partial charge on any atom is -0.474 e. The van der Waals surface area contributed by atoms with Crippen LogP contribution in [0.5, 0.6) is 5.75 Å². The van der Waals surface area contributed by atoms with Crippen molar-refractivity contribution in [1.82, 2.24) is 0 Å². The molecule has 0 aliphatic carbocycles. The van der Waals surface area contributed by atoms with E-state index in [0.717, 1.165) is 6.92 Å². The molecule has 26 heavy (non-hydrogen) atoms. The van der Waals surface area contributed by atoms with E-state index in [1.54, 1.807) is 0 Å². The highest BCUT2D eigenvalue weighted by Gasteiger charge is 2.51. The van der Waals surface area contributed by atoms with E-state index in [4.69, 9.17) is 4.74 Å². The third-order valence-corrected chi connectivity index (χ3v) is 3.62. The van der Waals surface area contributed by atoms with Crippen LogP contribution >= 0.6 is 0 Å². The molecule has 0 saturated carbocycles. The van der Waals surface area contributed by atoms with Gasteiger partial charge in [0.1, 0.15) is 5.75 Å². The molecule has 9 heteroatoms. The van der Waals surface area contributed by atoms with E-state index in [1.807, 2.05) is 0 Å². The topological polar surface area (TPSA) is 52.6 Å². The molecule has 0 bridgehead atoms. The first-order valence-corrected chi connectivity index (χ1v) is 7.37. The van der Waals surface area contributed by atoms with E-state index in [9.17, 15) is 31.5 Å². The van der Waals surface area contributed by atoms with Gasteiger partial charge in [0.15, 0.2) is 11.4 Å². The second-order valence-electron chi connectivity index (χ2n) is 5.40. The number of ketones is 1. The third-order valence-electron chi connectivity index (χ3n) is 3.62. The molecule has 0 fully saturated rings. The Morgan fingerprint density at radius 1 is 1.27 bits per heavy atom. The van der Waals surface area contributed by atoms with Crippen molar-refractivity contribution in [2.75, 3.05) is 6.61 Å². The maximum absolute atomic E-state index is 14.3. The van der Waals surface area contributed by atoms with Crippen LogP contribution in [0, 0.1) is 0 Å². The minimum atomic E-state index is -5.65. The largest absolute Gasteiger partial charge is 0.474 e. The highest BCUT2D eigenvalue weighted by Crippen LogP contribution is 2.44. The van der Waals surface area contributed by atoms with E-state index in [0.29, 0.717) is 0 Å². The van der Waals surface area contributed by atoms with E-state index in [-0.39, 0.29) is 24.0 Å². The zero-order chi connectivity index (χ0) is 19.7. The highest BCUT2D eigenvalue weighted by molar-refractivity contribution is 6.10. The van der Waals surface area contributed by atoms with Gasteiger partial charge in [-0.3, -0.25) is 4.79 Å². The molecule has 1 aromatic carbocycles. The lowest BCUT2D eigenvalue weighted by atomic mass is 9.87. The standard InChI is InChI=1S/C17H13F5O4/c1-3-25-12(23)8-10(13(18)14(19)17(20,21)22)16(2)15(24)9-6-4-5-7-11(9)26-16/h4-8H,3H2,1-2H3/b10-8-,14-13+. The van der Waals surface area contributed by atoms with Crippen LogP contribution in [0.15, 0.2) is 47.6 Å². The summed E-state index contributed by atoms with van der Waals surface area (Å²) in [5.41, 5.74) is -3.62. The number of Topliss-reactive ketones (excluding diaryl/α,β-unsaturated/α-hetero) is 1. The molecular formula is C17H13F5O4. The van der Waals surface area contributed by atoms with Crippen LogP contribution in [0.3, 0.4) is 0 Å². The Labute approximate surface area is 144 Å². The van der Waals surface area contributed by atoms with Crippen LogP contribution in [0.2, 0.25) is 0 Å². The lowest BCUT2D eigenvalue weighted by Gasteiger charge is -2.25. The molecule has 1 unspecified atom stereocenters. The first-order valence-electron chi connectivity index (χ1n) is 7.37. The van der Waals surface area contributed by atoms with Crippen molar-refractivity contribution < 1.29 is 41.0 Å². The summed E-state index contributed by atoms with van der Waals surface area (Å²) in [5.74, 6) is -7.71. The summed E-state index contributed by atoms with van der Waals surface area (Å²) in [5, 5.41) is 0. The summed E-state index contributed by atoms with van der Waals surface area (Å²) in [4.78, 5) is 24.2. The fourth-order valence-corrected chi connectivity index (χ4v) is 2.40. The normalized spacial score (nSPS) is 21.0. The molecule has 1 aromatic rings. The Kier molecular flexibility index (Phi) is 5.20.